The molecule has 22 valence electrons. The predicted molar refractivity (Wildman–Crippen MR) is 16.9 cm³/mol. The van der Waals surface area contributed by atoms with E-state index in [4.69, 9.17) is 5.26 Å². The number of rotatable bonds is 0. The van der Waals surface area contributed by atoms with E-state index in [2.05, 4.69) is 6.58 Å². The molecule has 0 aliphatic rings. The fraction of sp³-hybridized carbons (Fsp3) is 0. The first kappa shape index (κ1) is 8.97. The molecule has 0 unspecified atom stereocenters. The molecule has 0 aliphatic heterocycles. The molecule has 0 aromatic heterocycles. The average Bonchev–Trinajstić information content (AvgIpc) is 1.37. The third kappa shape index (κ3) is 13.9. The van der Waals surface area contributed by atoms with Crippen LogP contribution in [0.2, 0.25) is 0 Å². The van der Waals surface area contributed by atoms with E-state index in [-0.39, 0.29) is 31.0 Å². The Labute approximate surface area is 55.1 Å². The Morgan fingerprint density at radius 1 is 2.00 bits per heavy atom. The van der Waals surface area contributed by atoms with Crippen LogP contribution < -0.4 is 29.6 Å². The van der Waals surface area contributed by atoms with Gasteiger partial charge in [0.15, 0.2) is 0 Å². The number of hydrogen-bond acceptors (Lipinski definition) is 1. The Balaban J connectivity index is -0.0000000450. The summed E-state index contributed by atoms with van der Waals surface area (Å²) in [4.78, 5) is 0. The van der Waals surface area contributed by atoms with Gasteiger partial charge in [-0.05, 0) is 0 Å². The molecule has 0 aromatic rings. The zero-order valence-corrected chi connectivity index (χ0v) is 5.23. The van der Waals surface area contributed by atoms with Crippen LogP contribution in [0, 0.1) is 11.3 Å². The van der Waals surface area contributed by atoms with E-state index in [0.717, 1.165) is 0 Å². The number of nitrogens with zero attached hydrogens (tertiary/aromatic N) is 1. The van der Waals surface area contributed by atoms with E-state index in [9.17, 15) is 0 Å². The van der Waals surface area contributed by atoms with Crippen LogP contribution in [0.3, 0.4) is 0 Å². The van der Waals surface area contributed by atoms with E-state index in [1.807, 2.05) is 0 Å². The van der Waals surface area contributed by atoms with Crippen molar-refractivity contribution in [2.75, 3.05) is 0 Å². The quantitative estimate of drug-likeness (QED) is 0.238. The van der Waals surface area contributed by atoms with Crippen molar-refractivity contribution in [1.29, 1.82) is 5.26 Å². The van der Waals surface area contributed by atoms with Crippen molar-refractivity contribution in [1.82, 2.24) is 0 Å². The number of hydrogen-bond donors (Lipinski definition) is 0. The Morgan fingerprint density at radius 3 is 2.20 bits per heavy atom. The monoisotopic (exact) mass is 77.0 g/mol. The largest absolute Gasteiger partial charge is 1.00 e. The summed E-state index contributed by atoms with van der Waals surface area (Å²) in [5, 5.41) is 7.51. The average molecular weight is 77.1 g/mol. The van der Waals surface area contributed by atoms with E-state index in [0.29, 0.717) is 0 Å². The van der Waals surface area contributed by atoms with Gasteiger partial charge in [-0.25, -0.2) is 0 Å². The topological polar surface area (TPSA) is 23.8 Å². The maximum absolute atomic E-state index is 7.51. The minimum atomic E-state index is 0. The zero-order chi connectivity index (χ0) is 3.41. The molecule has 5 heavy (non-hydrogen) atoms. The number of allylic oxidation sites excluding steroid dienone is 1. The molecule has 0 radical (unpaired) electrons. The van der Waals surface area contributed by atoms with Crippen molar-refractivity contribution in [2.45, 2.75) is 0 Å². The van der Waals surface area contributed by atoms with Crippen molar-refractivity contribution in [3.63, 3.8) is 0 Å². The first-order valence-corrected chi connectivity index (χ1v) is 0.921. The second-order valence-corrected chi connectivity index (χ2v) is 0.333. The summed E-state index contributed by atoms with van der Waals surface area (Å²) >= 11 is 0. The first-order chi connectivity index (χ1) is 1.91. The van der Waals surface area contributed by atoms with Crippen LogP contribution in [0.5, 0.6) is 0 Å². The van der Waals surface area contributed by atoms with E-state index in [1.165, 1.54) is 6.08 Å². The first-order valence-electron chi connectivity index (χ1n) is 0.921. The van der Waals surface area contributed by atoms with Gasteiger partial charge < -0.3 is 1.43 Å². The van der Waals surface area contributed by atoms with E-state index >= 15 is 0 Å². The van der Waals surface area contributed by atoms with Crippen molar-refractivity contribution in [2.24, 2.45) is 0 Å². The molecule has 0 spiro atoms. The molecule has 0 N–H and O–H groups in total. The summed E-state index contributed by atoms with van der Waals surface area (Å²) in [5.41, 5.74) is 0. The van der Waals surface area contributed by atoms with Crippen LogP contribution in [0.15, 0.2) is 12.7 Å². The summed E-state index contributed by atoms with van der Waals surface area (Å²) < 4.78 is 0. The van der Waals surface area contributed by atoms with Crippen LogP contribution in [0.1, 0.15) is 1.43 Å². The summed E-state index contributed by atoms with van der Waals surface area (Å²) in [6.07, 6.45) is 1.18. The van der Waals surface area contributed by atoms with Crippen LogP contribution in [-0.2, 0) is 0 Å². The van der Waals surface area contributed by atoms with Crippen LogP contribution in [0.25, 0.3) is 0 Å². The number of nitriles is 1. The van der Waals surface area contributed by atoms with Gasteiger partial charge in [-0.15, -0.1) is 0 Å². The third-order valence-electron chi connectivity index (χ3n) is 0.0913. The van der Waals surface area contributed by atoms with Gasteiger partial charge in [0, 0.05) is 6.08 Å². The van der Waals surface area contributed by atoms with Crippen LogP contribution in [-0.4, -0.2) is 0 Å². The minimum absolute atomic E-state index is 0. The van der Waals surface area contributed by atoms with Gasteiger partial charge in [0.2, 0.25) is 0 Å². The maximum Gasteiger partial charge on any atom is 1.00 e. The molecule has 1 nitrogen and oxygen atoms in total. The van der Waals surface area contributed by atoms with Crippen LogP contribution >= 0.6 is 0 Å². The van der Waals surface area contributed by atoms with E-state index in [1.54, 1.807) is 6.07 Å². The van der Waals surface area contributed by atoms with Gasteiger partial charge in [0.25, 0.3) is 0 Å². The van der Waals surface area contributed by atoms with Gasteiger partial charge in [-0.2, -0.15) is 5.26 Å². The molecule has 0 heterocycles. The molecular weight excluding hydrogens is 73.0 g/mol. The van der Waals surface area contributed by atoms with Crippen molar-refractivity contribution < 1.29 is 31.0 Å². The molecular formula is C3H4NNa. The fourth-order valence-corrected chi connectivity index (χ4v) is 0. The molecule has 0 saturated heterocycles. The molecule has 0 bridgehead atoms. The molecule has 0 aliphatic carbocycles. The summed E-state index contributed by atoms with van der Waals surface area (Å²) in [6, 6.07) is 1.69. The Hall–Kier alpha value is 0.230. The molecule has 0 fully saturated rings. The second kappa shape index (κ2) is 8.87. The SMILES string of the molecule is C=CC#N.[H-].[Na+]. The zero-order valence-electron chi connectivity index (χ0n) is 4.23. The Morgan fingerprint density at radius 2 is 2.20 bits per heavy atom. The van der Waals surface area contributed by atoms with Crippen LogP contribution in [0.4, 0.5) is 0 Å². The predicted octanol–water partition coefficient (Wildman–Crippen LogP) is -2.19. The summed E-state index contributed by atoms with van der Waals surface area (Å²) in [6.45, 7) is 3.12. The van der Waals surface area contributed by atoms with Crippen molar-refractivity contribution in [3.05, 3.63) is 12.7 Å². The summed E-state index contributed by atoms with van der Waals surface area (Å²) in [7, 11) is 0. The van der Waals surface area contributed by atoms with Gasteiger partial charge >= 0.3 is 29.6 Å². The van der Waals surface area contributed by atoms with Gasteiger partial charge in [-0.3, -0.25) is 0 Å². The maximum atomic E-state index is 7.51. The Bertz CT molecular complexity index is 56.3. The van der Waals surface area contributed by atoms with Gasteiger partial charge in [0.1, 0.15) is 0 Å². The van der Waals surface area contributed by atoms with E-state index < -0.39 is 0 Å². The molecule has 0 amide bonds. The second-order valence-electron chi connectivity index (χ2n) is 0.333. The van der Waals surface area contributed by atoms with Crippen molar-refractivity contribution >= 4 is 0 Å². The normalized spacial score (nSPS) is 3.00. The Kier molecular flexibility index (Phi) is 15.9. The smallest absolute Gasteiger partial charge is 1.00 e. The standard InChI is InChI=1S/C3H3N.Na.H/c1-2-3-4;;/h2H,1H2;;/q;+1;-1. The summed E-state index contributed by atoms with van der Waals surface area (Å²) in [5.74, 6) is 0. The minimum Gasteiger partial charge on any atom is -1.00 e. The third-order valence-corrected chi connectivity index (χ3v) is 0.0913. The van der Waals surface area contributed by atoms with Crippen molar-refractivity contribution in [3.8, 4) is 6.07 Å². The molecule has 0 rings (SSSR count). The molecule has 0 aromatic carbocycles. The molecule has 2 heteroatoms. The van der Waals surface area contributed by atoms with Gasteiger partial charge in [-0.1, -0.05) is 6.58 Å². The molecule has 0 saturated carbocycles. The fourth-order valence-electron chi connectivity index (χ4n) is 0. The molecule has 0 atom stereocenters. The van der Waals surface area contributed by atoms with Gasteiger partial charge in [0.05, 0.1) is 6.07 Å².